The molecule has 1 saturated heterocycles. The van der Waals surface area contributed by atoms with E-state index in [1.54, 1.807) is 7.05 Å². The van der Waals surface area contributed by atoms with Crippen LogP contribution in [-0.4, -0.2) is 51.0 Å². The molecular formula is C21H29N3O2. The summed E-state index contributed by atoms with van der Waals surface area (Å²) in [4.78, 5) is 4.31. The van der Waals surface area contributed by atoms with Gasteiger partial charge >= 0.3 is 0 Å². The third kappa shape index (κ3) is 4.74. The van der Waals surface area contributed by atoms with Crippen LogP contribution in [0.25, 0.3) is 10.8 Å². The van der Waals surface area contributed by atoms with Crippen molar-refractivity contribution in [1.29, 1.82) is 0 Å². The topological polar surface area (TPSA) is 65.9 Å². The fourth-order valence-corrected chi connectivity index (χ4v) is 3.52. The van der Waals surface area contributed by atoms with E-state index in [1.165, 1.54) is 16.3 Å². The highest BCUT2D eigenvalue weighted by molar-refractivity contribution is 5.83. The number of hydrogen-bond donors (Lipinski definition) is 3. The van der Waals surface area contributed by atoms with E-state index in [0.29, 0.717) is 6.61 Å². The second-order valence-corrected chi connectivity index (χ2v) is 7.06. The molecule has 2 aromatic carbocycles. The van der Waals surface area contributed by atoms with Crippen LogP contribution in [0.5, 0.6) is 0 Å². The predicted octanol–water partition coefficient (Wildman–Crippen LogP) is 2.34. The Morgan fingerprint density at radius 1 is 1.19 bits per heavy atom. The summed E-state index contributed by atoms with van der Waals surface area (Å²) in [6, 6.07) is 15.0. The summed E-state index contributed by atoms with van der Waals surface area (Å²) in [7, 11) is 1.79. The van der Waals surface area contributed by atoms with E-state index in [0.717, 1.165) is 44.9 Å². The third-order valence-corrected chi connectivity index (χ3v) is 5.20. The fourth-order valence-electron chi connectivity index (χ4n) is 3.52. The van der Waals surface area contributed by atoms with Gasteiger partial charge in [-0.15, -0.1) is 0 Å². The maximum Gasteiger partial charge on any atom is 0.191 e. The fraction of sp³-hybridized carbons (Fsp3) is 0.476. The van der Waals surface area contributed by atoms with E-state index in [4.69, 9.17) is 4.74 Å². The van der Waals surface area contributed by atoms with Gasteiger partial charge in [-0.05, 0) is 35.6 Å². The minimum absolute atomic E-state index is 0.0186. The first kappa shape index (κ1) is 18.7. The standard InChI is InChI=1S/C21H29N3O2/c1-22-20(24-15-21(9-12-25)10-13-26-16-21)23-11-8-17-6-7-18-4-2-3-5-19(18)14-17/h2-7,14,25H,8-13,15-16H2,1H3,(H2,22,23,24). The molecule has 140 valence electrons. The molecule has 0 spiro atoms. The highest BCUT2D eigenvalue weighted by Crippen LogP contribution is 2.31. The van der Waals surface area contributed by atoms with Crippen LogP contribution in [0, 0.1) is 5.41 Å². The number of benzene rings is 2. The Kier molecular flexibility index (Phi) is 6.47. The van der Waals surface area contributed by atoms with Crippen molar-refractivity contribution in [3.8, 4) is 0 Å². The van der Waals surface area contributed by atoms with Crippen LogP contribution in [-0.2, 0) is 11.2 Å². The van der Waals surface area contributed by atoms with Crippen molar-refractivity contribution in [3.05, 3.63) is 48.0 Å². The maximum atomic E-state index is 9.33. The molecule has 1 unspecified atom stereocenters. The van der Waals surface area contributed by atoms with E-state index >= 15 is 0 Å². The number of aliphatic hydroxyl groups excluding tert-OH is 1. The van der Waals surface area contributed by atoms with Crippen molar-refractivity contribution in [1.82, 2.24) is 10.6 Å². The summed E-state index contributed by atoms with van der Waals surface area (Å²) in [5.41, 5.74) is 1.33. The van der Waals surface area contributed by atoms with E-state index in [1.807, 2.05) is 0 Å². The minimum atomic E-state index is 0.0186. The average Bonchev–Trinajstić information content (AvgIpc) is 3.13. The molecule has 26 heavy (non-hydrogen) atoms. The first-order chi connectivity index (χ1) is 12.7. The Morgan fingerprint density at radius 3 is 2.77 bits per heavy atom. The first-order valence-corrected chi connectivity index (χ1v) is 9.35. The number of aliphatic hydroxyl groups is 1. The lowest BCUT2D eigenvalue weighted by atomic mass is 9.84. The highest BCUT2D eigenvalue weighted by atomic mass is 16.5. The molecule has 5 nitrogen and oxygen atoms in total. The molecule has 1 heterocycles. The van der Waals surface area contributed by atoms with Gasteiger partial charge in [-0.3, -0.25) is 4.99 Å². The Morgan fingerprint density at radius 2 is 2.04 bits per heavy atom. The van der Waals surface area contributed by atoms with Crippen molar-refractivity contribution in [2.75, 3.05) is 40.0 Å². The smallest absolute Gasteiger partial charge is 0.191 e. The molecule has 0 aliphatic carbocycles. The van der Waals surface area contributed by atoms with E-state index in [2.05, 4.69) is 58.1 Å². The van der Waals surface area contributed by atoms with Gasteiger partial charge in [-0.25, -0.2) is 0 Å². The van der Waals surface area contributed by atoms with Crippen LogP contribution >= 0.6 is 0 Å². The number of nitrogens with zero attached hydrogens (tertiary/aromatic N) is 1. The van der Waals surface area contributed by atoms with E-state index in [-0.39, 0.29) is 12.0 Å². The molecule has 3 rings (SSSR count). The average molecular weight is 355 g/mol. The molecule has 0 saturated carbocycles. The van der Waals surface area contributed by atoms with Gasteiger partial charge in [0.1, 0.15) is 0 Å². The van der Waals surface area contributed by atoms with Gasteiger partial charge in [0, 0.05) is 38.8 Å². The zero-order chi connectivity index (χ0) is 18.2. The molecule has 5 heteroatoms. The normalized spacial score (nSPS) is 20.5. The summed E-state index contributed by atoms with van der Waals surface area (Å²) < 4.78 is 5.54. The zero-order valence-corrected chi connectivity index (χ0v) is 15.5. The SMILES string of the molecule is CN=C(NCCc1ccc2ccccc2c1)NCC1(CCO)CCOC1. The van der Waals surface area contributed by atoms with Gasteiger partial charge in [-0.1, -0.05) is 42.5 Å². The van der Waals surface area contributed by atoms with Crippen LogP contribution in [0.3, 0.4) is 0 Å². The summed E-state index contributed by atoms with van der Waals surface area (Å²) in [5, 5.41) is 18.7. The highest BCUT2D eigenvalue weighted by Gasteiger charge is 2.34. The van der Waals surface area contributed by atoms with Crippen molar-refractivity contribution in [2.24, 2.45) is 10.4 Å². The van der Waals surface area contributed by atoms with E-state index in [9.17, 15) is 5.11 Å². The molecule has 0 amide bonds. The molecule has 2 aromatic rings. The number of ether oxygens (including phenoxy) is 1. The molecule has 0 aromatic heterocycles. The monoisotopic (exact) mass is 355 g/mol. The lowest BCUT2D eigenvalue weighted by Crippen LogP contribution is -2.45. The van der Waals surface area contributed by atoms with E-state index < -0.39 is 0 Å². The number of hydrogen-bond acceptors (Lipinski definition) is 3. The van der Waals surface area contributed by atoms with Gasteiger partial charge in [0.15, 0.2) is 5.96 Å². The number of aliphatic imine (C=N–C) groups is 1. The van der Waals surface area contributed by atoms with Crippen molar-refractivity contribution < 1.29 is 9.84 Å². The quantitative estimate of drug-likeness (QED) is 0.527. The van der Waals surface area contributed by atoms with Crippen LogP contribution in [0.4, 0.5) is 0 Å². The first-order valence-electron chi connectivity index (χ1n) is 9.35. The largest absolute Gasteiger partial charge is 0.396 e. The van der Waals surface area contributed by atoms with Crippen molar-refractivity contribution in [3.63, 3.8) is 0 Å². The summed E-state index contributed by atoms with van der Waals surface area (Å²) in [6.07, 6.45) is 2.68. The zero-order valence-electron chi connectivity index (χ0n) is 15.5. The van der Waals surface area contributed by atoms with Gasteiger partial charge in [0.25, 0.3) is 0 Å². The number of fused-ring (bicyclic) bond motifs is 1. The number of guanidine groups is 1. The third-order valence-electron chi connectivity index (χ3n) is 5.20. The second kappa shape index (κ2) is 9.01. The molecule has 0 radical (unpaired) electrons. The van der Waals surface area contributed by atoms with Crippen LogP contribution in [0.1, 0.15) is 18.4 Å². The number of nitrogens with one attached hydrogen (secondary N) is 2. The van der Waals surface area contributed by atoms with Gasteiger partial charge < -0.3 is 20.5 Å². The molecule has 1 atom stereocenters. The molecule has 1 aliphatic heterocycles. The molecule has 1 aliphatic rings. The molecule has 1 fully saturated rings. The lowest BCUT2D eigenvalue weighted by molar-refractivity contribution is 0.127. The van der Waals surface area contributed by atoms with Crippen LogP contribution in [0.15, 0.2) is 47.5 Å². The Labute approximate surface area is 155 Å². The lowest BCUT2D eigenvalue weighted by Gasteiger charge is -2.27. The Hall–Kier alpha value is -2.11. The predicted molar refractivity (Wildman–Crippen MR) is 107 cm³/mol. The van der Waals surface area contributed by atoms with Gasteiger partial charge in [0.05, 0.1) is 6.61 Å². The second-order valence-electron chi connectivity index (χ2n) is 7.06. The van der Waals surface area contributed by atoms with Gasteiger partial charge in [-0.2, -0.15) is 0 Å². The minimum Gasteiger partial charge on any atom is -0.396 e. The van der Waals surface area contributed by atoms with Gasteiger partial charge in [0.2, 0.25) is 0 Å². The maximum absolute atomic E-state index is 9.33. The van der Waals surface area contributed by atoms with Crippen molar-refractivity contribution >= 4 is 16.7 Å². The molecule has 3 N–H and O–H groups in total. The van der Waals surface area contributed by atoms with Crippen LogP contribution < -0.4 is 10.6 Å². The molecule has 0 bridgehead atoms. The summed E-state index contributed by atoms with van der Waals surface area (Å²) in [6.45, 7) is 3.26. The Balaban J connectivity index is 1.49. The number of rotatable bonds is 7. The summed E-state index contributed by atoms with van der Waals surface area (Å²) in [5.74, 6) is 0.801. The van der Waals surface area contributed by atoms with Crippen molar-refractivity contribution in [2.45, 2.75) is 19.3 Å². The molecular weight excluding hydrogens is 326 g/mol. The van der Waals surface area contributed by atoms with Crippen LogP contribution in [0.2, 0.25) is 0 Å². The Bertz CT molecular complexity index is 739. The summed E-state index contributed by atoms with van der Waals surface area (Å²) >= 11 is 0.